The van der Waals surface area contributed by atoms with E-state index in [1.807, 2.05) is 0 Å². The maximum atomic E-state index is 14.0. The topological polar surface area (TPSA) is 53.1 Å². The number of pyridine rings is 1. The molecule has 0 amide bonds. The lowest BCUT2D eigenvalue weighted by molar-refractivity contribution is 0.479. The average Bonchev–Trinajstić information content (AvgIpc) is 2.49. The predicted octanol–water partition coefficient (Wildman–Crippen LogP) is 4.06. The molecule has 0 aliphatic heterocycles. The molecule has 0 aliphatic rings. The fourth-order valence-corrected chi connectivity index (χ4v) is 2.81. The molecule has 0 radical (unpaired) electrons. The second-order valence-corrected chi connectivity index (χ2v) is 5.72. The summed E-state index contributed by atoms with van der Waals surface area (Å²) in [6.45, 7) is 1.60. The van der Waals surface area contributed by atoms with E-state index in [-0.39, 0.29) is 33.7 Å². The van der Waals surface area contributed by atoms with Crippen LogP contribution in [0.25, 0.3) is 10.9 Å². The molecule has 3 rings (SSSR count). The summed E-state index contributed by atoms with van der Waals surface area (Å²) in [5, 5.41) is 10.4. The van der Waals surface area contributed by atoms with E-state index in [2.05, 4.69) is 4.98 Å². The summed E-state index contributed by atoms with van der Waals surface area (Å²) in [5.41, 5.74) is 0.384. The Morgan fingerprint density at radius 2 is 1.91 bits per heavy atom. The van der Waals surface area contributed by atoms with Crippen molar-refractivity contribution in [2.75, 3.05) is 0 Å². The van der Waals surface area contributed by atoms with E-state index in [0.29, 0.717) is 11.1 Å². The lowest BCUT2D eigenvalue weighted by Gasteiger charge is -2.11. The molecule has 0 unspecified atom stereocenters. The van der Waals surface area contributed by atoms with Crippen LogP contribution in [-0.4, -0.2) is 10.1 Å². The van der Waals surface area contributed by atoms with Crippen LogP contribution in [0.4, 0.5) is 8.78 Å². The van der Waals surface area contributed by atoms with Crippen LogP contribution in [0, 0.1) is 18.6 Å². The van der Waals surface area contributed by atoms with Crippen LogP contribution in [0.1, 0.15) is 16.7 Å². The summed E-state index contributed by atoms with van der Waals surface area (Å²) in [6, 6.07) is 6.48. The Labute approximate surface area is 135 Å². The number of nitrogens with one attached hydrogen (secondary N) is 1. The Morgan fingerprint density at radius 1 is 1.17 bits per heavy atom. The number of aromatic nitrogens is 1. The van der Waals surface area contributed by atoms with E-state index in [1.165, 1.54) is 24.3 Å². The first-order chi connectivity index (χ1) is 10.9. The van der Waals surface area contributed by atoms with Gasteiger partial charge in [-0.25, -0.2) is 8.78 Å². The number of benzene rings is 2. The molecule has 0 bridgehead atoms. The van der Waals surface area contributed by atoms with Gasteiger partial charge < -0.3 is 10.1 Å². The first-order valence-corrected chi connectivity index (χ1v) is 7.23. The highest BCUT2D eigenvalue weighted by molar-refractivity contribution is 6.30. The van der Waals surface area contributed by atoms with Crippen LogP contribution >= 0.6 is 11.6 Å². The van der Waals surface area contributed by atoms with E-state index in [1.54, 1.807) is 6.92 Å². The number of fused-ring (bicyclic) bond motifs is 1. The second kappa shape index (κ2) is 5.66. The van der Waals surface area contributed by atoms with Crippen molar-refractivity contribution in [1.82, 2.24) is 4.98 Å². The van der Waals surface area contributed by atoms with Crippen LogP contribution in [0.2, 0.25) is 5.02 Å². The molecule has 0 saturated heterocycles. The smallest absolute Gasteiger partial charge is 0.252 e. The standard InChI is InChI=1S/C17H12ClF2NO2/c1-8-11(6-9-2-3-10(18)7-13(9)20)17(23)21-16-12(19)4-5-14(22)15(8)16/h2-5,7,22H,6H2,1H3,(H,21,23). The highest BCUT2D eigenvalue weighted by Gasteiger charge is 2.16. The van der Waals surface area contributed by atoms with Crippen LogP contribution in [-0.2, 0) is 6.42 Å². The van der Waals surface area contributed by atoms with E-state index in [9.17, 15) is 18.7 Å². The maximum absolute atomic E-state index is 14.0. The lowest BCUT2D eigenvalue weighted by atomic mass is 9.98. The number of hydrogen-bond acceptors (Lipinski definition) is 2. The highest BCUT2D eigenvalue weighted by Crippen LogP contribution is 2.29. The molecular weight excluding hydrogens is 324 g/mol. The molecule has 1 heterocycles. The molecule has 2 aromatic carbocycles. The summed E-state index contributed by atoms with van der Waals surface area (Å²) < 4.78 is 27.8. The molecule has 0 spiro atoms. The van der Waals surface area contributed by atoms with Gasteiger partial charge in [0, 0.05) is 22.4 Å². The van der Waals surface area contributed by atoms with E-state index in [4.69, 9.17) is 11.6 Å². The van der Waals surface area contributed by atoms with Crippen LogP contribution in [0.5, 0.6) is 5.75 Å². The predicted molar refractivity (Wildman–Crippen MR) is 85.1 cm³/mol. The largest absolute Gasteiger partial charge is 0.507 e. The first-order valence-electron chi connectivity index (χ1n) is 6.85. The van der Waals surface area contributed by atoms with E-state index < -0.39 is 17.2 Å². The van der Waals surface area contributed by atoms with Crippen molar-refractivity contribution >= 4 is 22.5 Å². The van der Waals surface area contributed by atoms with Crippen LogP contribution in [0.3, 0.4) is 0 Å². The van der Waals surface area contributed by atoms with Gasteiger partial charge in [0.15, 0.2) is 0 Å². The highest BCUT2D eigenvalue weighted by atomic mass is 35.5. The van der Waals surface area contributed by atoms with Gasteiger partial charge in [-0.15, -0.1) is 0 Å². The van der Waals surface area contributed by atoms with Crippen molar-refractivity contribution in [2.24, 2.45) is 0 Å². The molecule has 1 aromatic heterocycles. The van der Waals surface area contributed by atoms with Gasteiger partial charge in [-0.2, -0.15) is 0 Å². The SMILES string of the molecule is Cc1c(Cc2ccc(Cl)cc2F)c(=O)[nH]c2c(F)ccc(O)c12. The monoisotopic (exact) mass is 335 g/mol. The van der Waals surface area contributed by atoms with E-state index >= 15 is 0 Å². The van der Waals surface area contributed by atoms with Gasteiger partial charge in [0.2, 0.25) is 0 Å². The minimum atomic E-state index is -0.637. The van der Waals surface area contributed by atoms with Gasteiger partial charge in [0.05, 0.1) is 5.52 Å². The third-order valence-electron chi connectivity index (χ3n) is 3.86. The Hall–Kier alpha value is -2.40. The van der Waals surface area contributed by atoms with E-state index in [0.717, 1.165) is 6.07 Å². The fraction of sp³-hybridized carbons (Fsp3) is 0.118. The van der Waals surface area contributed by atoms with Crippen LogP contribution in [0.15, 0.2) is 35.1 Å². The summed E-state index contributed by atoms with van der Waals surface area (Å²) >= 11 is 5.72. The molecular formula is C17H12ClF2NO2. The zero-order valence-corrected chi connectivity index (χ0v) is 12.8. The second-order valence-electron chi connectivity index (χ2n) is 5.29. The maximum Gasteiger partial charge on any atom is 0.252 e. The molecule has 0 aliphatic carbocycles. The number of rotatable bonds is 2. The van der Waals surface area contributed by atoms with Gasteiger partial charge >= 0.3 is 0 Å². The number of aryl methyl sites for hydroxylation is 1. The minimum Gasteiger partial charge on any atom is -0.507 e. The summed E-state index contributed by atoms with van der Waals surface area (Å²) in [6.07, 6.45) is 0.00998. The molecule has 0 atom stereocenters. The number of phenolic OH excluding ortho intramolecular Hbond substituents is 1. The minimum absolute atomic E-state index is 0.00998. The van der Waals surface area contributed by atoms with Crippen molar-refractivity contribution < 1.29 is 13.9 Å². The van der Waals surface area contributed by atoms with Crippen LogP contribution < -0.4 is 5.56 Å². The number of aromatic amines is 1. The average molecular weight is 336 g/mol. The molecule has 0 saturated carbocycles. The van der Waals surface area contributed by atoms with Gasteiger partial charge in [-0.3, -0.25) is 4.79 Å². The summed E-state index contributed by atoms with van der Waals surface area (Å²) in [4.78, 5) is 14.7. The Balaban J connectivity index is 2.22. The number of phenols is 1. The Kier molecular flexibility index (Phi) is 3.82. The lowest BCUT2D eigenvalue weighted by Crippen LogP contribution is -2.16. The quantitative estimate of drug-likeness (QED) is 0.742. The fourth-order valence-electron chi connectivity index (χ4n) is 2.65. The van der Waals surface area contributed by atoms with Crippen molar-refractivity contribution in [3.8, 4) is 5.75 Å². The number of halogens is 3. The normalized spacial score (nSPS) is 11.1. The van der Waals surface area contributed by atoms with Crippen molar-refractivity contribution in [1.29, 1.82) is 0 Å². The van der Waals surface area contributed by atoms with Crippen molar-refractivity contribution in [3.63, 3.8) is 0 Å². The molecule has 6 heteroatoms. The van der Waals surface area contributed by atoms with Crippen molar-refractivity contribution in [3.05, 3.63) is 74.0 Å². The van der Waals surface area contributed by atoms with Crippen molar-refractivity contribution in [2.45, 2.75) is 13.3 Å². The van der Waals surface area contributed by atoms with Gasteiger partial charge in [0.25, 0.3) is 5.56 Å². The summed E-state index contributed by atoms with van der Waals surface area (Å²) in [7, 11) is 0. The third-order valence-corrected chi connectivity index (χ3v) is 4.09. The Morgan fingerprint density at radius 3 is 2.61 bits per heavy atom. The zero-order valence-electron chi connectivity index (χ0n) is 12.1. The zero-order chi connectivity index (χ0) is 16.7. The molecule has 2 N–H and O–H groups in total. The molecule has 118 valence electrons. The summed E-state index contributed by atoms with van der Waals surface area (Å²) in [5.74, 6) is -1.31. The molecule has 0 fully saturated rings. The van der Waals surface area contributed by atoms with Gasteiger partial charge in [-0.1, -0.05) is 17.7 Å². The third kappa shape index (κ3) is 2.68. The molecule has 3 nitrogen and oxygen atoms in total. The molecule has 3 aromatic rings. The van der Waals surface area contributed by atoms with Gasteiger partial charge in [0.1, 0.15) is 17.4 Å². The number of aromatic hydroxyl groups is 1. The molecule has 23 heavy (non-hydrogen) atoms. The number of hydrogen-bond donors (Lipinski definition) is 2. The number of H-pyrrole nitrogens is 1. The first kappa shape index (κ1) is 15.5. The Bertz CT molecular complexity index is 982. The van der Waals surface area contributed by atoms with Gasteiger partial charge in [-0.05, 0) is 42.3 Å².